The first-order valence-electron chi connectivity index (χ1n) is 9.48. The number of alkyl halides is 2. The Hall–Kier alpha value is -2.68. The largest absolute Gasteiger partial charge is 0.461 e. The topological polar surface area (TPSA) is 119 Å². The van der Waals surface area contributed by atoms with Crippen molar-refractivity contribution in [3.05, 3.63) is 35.9 Å². The number of hydrogen-bond donors (Lipinski definition) is 2. The predicted octanol–water partition coefficient (Wildman–Crippen LogP) is 2.05. The maximum atomic E-state index is 13.2. The van der Waals surface area contributed by atoms with E-state index in [4.69, 9.17) is 22.1 Å². The first-order chi connectivity index (χ1) is 14.1. The van der Waals surface area contributed by atoms with E-state index < -0.39 is 35.2 Å². The second-order valence-electron chi connectivity index (χ2n) is 7.16. The summed E-state index contributed by atoms with van der Waals surface area (Å²) in [7, 11) is 0. The van der Waals surface area contributed by atoms with Gasteiger partial charge in [0.15, 0.2) is 0 Å². The number of nitrogens with one attached hydrogen (secondary N) is 1. The molecule has 0 bridgehead atoms. The lowest BCUT2D eigenvalue weighted by Gasteiger charge is -2.26. The zero-order valence-electron chi connectivity index (χ0n) is 17.0. The summed E-state index contributed by atoms with van der Waals surface area (Å²) in [6, 6.07) is 9.05. The number of carbonyl (C=O) groups is 4. The molecule has 0 saturated carbocycles. The van der Waals surface area contributed by atoms with Crippen LogP contribution in [-0.2, 0) is 30.5 Å². The second-order valence-corrected chi connectivity index (χ2v) is 7.54. The molecule has 1 aromatic carbocycles. The number of carbonyl (C=O) groups excluding carboxylic acids is 4. The Kier molecular flexibility index (Phi) is 10.8. The van der Waals surface area contributed by atoms with Gasteiger partial charge < -0.3 is 10.5 Å². The molecule has 3 amide bonds. The number of nitrogens with two attached hydrogens (primary N) is 1. The van der Waals surface area contributed by atoms with Gasteiger partial charge in [0.05, 0.1) is 18.9 Å². The van der Waals surface area contributed by atoms with Crippen molar-refractivity contribution in [3.8, 4) is 0 Å². The van der Waals surface area contributed by atoms with E-state index in [0.29, 0.717) is 11.4 Å². The summed E-state index contributed by atoms with van der Waals surface area (Å²) in [5.41, 5.74) is 5.68. The summed E-state index contributed by atoms with van der Waals surface area (Å²) in [4.78, 5) is 47.8. The second kappa shape index (κ2) is 12.8. The van der Waals surface area contributed by atoms with Gasteiger partial charge in [0, 0.05) is 6.42 Å². The van der Waals surface area contributed by atoms with Crippen molar-refractivity contribution in [1.82, 2.24) is 10.4 Å². The molecule has 0 fully saturated rings. The van der Waals surface area contributed by atoms with Crippen molar-refractivity contribution in [2.24, 2.45) is 17.6 Å². The summed E-state index contributed by atoms with van der Waals surface area (Å²) in [6.07, 6.45) is -0.206. The highest BCUT2D eigenvalue weighted by molar-refractivity contribution is 6.29. The number of halogens is 2. The number of hydrogen-bond acceptors (Lipinski definition) is 5. The minimum absolute atomic E-state index is 0.0550. The minimum Gasteiger partial charge on any atom is -0.461 e. The van der Waals surface area contributed by atoms with Crippen LogP contribution < -0.4 is 11.2 Å². The van der Waals surface area contributed by atoms with Crippen molar-refractivity contribution >= 4 is 35.3 Å². The molecule has 0 heterocycles. The third kappa shape index (κ3) is 9.69. The van der Waals surface area contributed by atoms with Crippen LogP contribution in [0.3, 0.4) is 0 Å². The number of ether oxygens (including phenoxy) is 1. The zero-order valence-corrected chi connectivity index (χ0v) is 17.7. The lowest BCUT2D eigenvalue weighted by Crippen LogP contribution is -2.51. The highest BCUT2D eigenvalue weighted by Gasteiger charge is 2.29. The van der Waals surface area contributed by atoms with Crippen molar-refractivity contribution < 1.29 is 28.3 Å². The van der Waals surface area contributed by atoms with Crippen LogP contribution in [-0.4, -0.2) is 40.9 Å². The molecule has 3 N–H and O–H groups in total. The molecule has 0 aliphatic carbocycles. The van der Waals surface area contributed by atoms with Crippen molar-refractivity contribution in [3.63, 3.8) is 0 Å². The zero-order chi connectivity index (χ0) is 22.7. The monoisotopic (exact) mass is 443 g/mol. The maximum Gasteiger partial charge on any atom is 0.306 e. The van der Waals surface area contributed by atoms with Crippen LogP contribution in [0.25, 0.3) is 0 Å². The lowest BCUT2D eigenvalue weighted by atomic mass is 9.93. The average Bonchev–Trinajstić information content (AvgIpc) is 2.68. The molecular weight excluding hydrogens is 417 g/mol. The Bertz CT molecular complexity index is 730. The summed E-state index contributed by atoms with van der Waals surface area (Å²) in [6.45, 7) is 3.44. The van der Waals surface area contributed by atoms with Gasteiger partial charge in [0.1, 0.15) is 6.61 Å². The van der Waals surface area contributed by atoms with Gasteiger partial charge in [-0.3, -0.25) is 24.6 Å². The van der Waals surface area contributed by atoms with Gasteiger partial charge in [-0.25, -0.2) is 9.40 Å². The third-order valence-electron chi connectivity index (χ3n) is 4.06. The quantitative estimate of drug-likeness (QED) is 0.308. The number of nitrogens with zero attached hydrogens (tertiary/aromatic N) is 1. The van der Waals surface area contributed by atoms with Gasteiger partial charge >= 0.3 is 5.97 Å². The van der Waals surface area contributed by atoms with Crippen molar-refractivity contribution in [2.75, 3.05) is 6.54 Å². The summed E-state index contributed by atoms with van der Waals surface area (Å²) in [5, 5.41) is 0.605. The fourth-order valence-electron chi connectivity index (χ4n) is 2.64. The number of amides is 3. The van der Waals surface area contributed by atoms with Crippen LogP contribution in [0, 0.1) is 11.8 Å². The molecule has 0 aliphatic heterocycles. The summed E-state index contributed by atoms with van der Waals surface area (Å²) < 4.78 is 18.5. The number of benzene rings is 1. The van der Waals surface area contributed by atoms with Crippen LogP contribution in [0.4, 0.5) is 4.39 Å². The van der Waals surface area contributed by atoms with Gasteiger partial charge in [0.25, 0.3) is 11.5 Å². The van der Waals surface area contributed by atoms with E-state index in [1.807, 2.05) is 32.0 Å². The van der Waals surface area contributed by atoms with Gasteiger partial charge in [-0.05, 0) is 17.9 Å². The number of hydrazine groups is 1. The van der Waals surface area contributed by atoms with Gasteiger partial charge in [-0.2, -0.15) is 0 Å². The highest BCUT2D eigenvalue weighted by atomic mass is 35.5. The molecule has 166 valence electrons. The van der Waals surface area contributed by atoms with Crippen LogP contribution >= 0.6 is 11.6 Å². The molecule has 10 heteroatoms. The molecule has 1 rings (SSSR count). The molecule has 1 aromatic rings. The molecule has 8 nitrogen and oxygen atoms in total. The minimum atomic E-state index is -2.41. The Morgan fingerprint density at radius 3 is 2.37 bits per heavy atom. The molecule has 30 heavy (non-hydrogen) atoms. The first-order valence-corrected chi connectivity index (χ1v) is 9.91. The highest BCUT2D eigenvalue weighted by Crippen LogP contribution is 2.18. The lowest BCUT2D eigenvalue weighted by molar-refractivity contribution is -0.150. The van der Waals surface area contributed by atoms with Crippen molar-refractivity contribution in [1.29, 1.82) is 0 Å². The van der Waals surface area contributed by atoms with Gasteiger partial charge in [0.2, 0.25) is 11.8 Å². The number of rotatable bonds is 11. The molecule has 2 atom stereocenters. The van der Waals surface area contributed by atoms with Crippen LogP contribution in [0.5, 0.6) is 0 Å². The Labute approximate surface area is 179 Å². The number of primary amides is 1. The number of esters is 1. The van der Waals surface area contributed by atoms with E-state index in [1.165, 1.54) is 0 Å². The fourth-order valence-corrected chi connectivity index (χ4v) is 2.75. The molecule has 0 radical (unpaired) electrons. The standard InChI is InChI=1S/C20H27ClFN3O5/c1-13(2)10-15(11-17(27)30-12-14-6-4-3-5-7-14)19(28)24-25(9-8-16(23)26)20(29)18(21)22/h3-7,13,15,18H,8-12H2,1-2H3,(H2,23,26)(H,24,28)/t15-,18-/m1/s1. The summed E-state index contributed by atoms with van der Waals surface area (Å²) in [5.74, 6) is -4.02. The SMILES string of the molecule is CC(C)C[C@H](CC(=O)OCc1ccccc1)C(=O)NN(CCC(N)=O)C(=O)[C@@H](F)Cl. The average molecular weight is 444 g/mol. The molecular formula is C20H27ClFN3O5. The fraction of sp³-hybridized carbons (Fsp3) is 0.500. The third-order valence-corrected chi connectivity index (χ3v) is 4.25. The van der Waals surface area contributed by atoms with E-state index in [2.05, 4.69) is 5.43 Å². The van der Waals surface area contributed by atoms with E-state index >= 15 is 0 Å². The molecule has 0 aromatic heterocycles. The Morgan fingerprint density at radius 1 is 1.20 bits per heavy atom. The van der Waals surface area contributed by atoms with E-state index in [0.717, 1.165) is 5.56 Å². The first kappa shape index (κ1) is 25.4. The van der Waals surface area contributed by atoms with Crippen LogP contribution in [0.2, 0.25) is 0 Å². The Balaban J connectivity index is 2.78. The van der Waals surface area contributed by atoms with Crippen molar-refractivity contribution in [2.45, 2.75) is 45.3 Å². The van der Waals surface area contributed by atoms with E-state index in [9.17, 15) is 23.6 Å². The predicted molar refractivity (Wildman–Crippen MR) is 108 cm³/mol. The van der Waals surface area contributed by atoms with Gasteiger partial charge in [-0.15, -0.1) is 0 Å². The maximum absolute atomic E-state index is 13.2. The van der Waals surface area contributed by atoms with Crippen LogP contribution in [0.1, 0.15) is 38.7 Å². The van der Waals surface area contributed by atoms with E-state index in [-0.39, 0.29) is 31.9 Å². The van der Waals surface area contributed by atoms with Crippen LogP contribution in [0.15, 0.2) is 30.3 Å². The van der Waals surface area contributed by atoms with E-state index in [1.54, 1.807) is 12.1 Å². The normalized spacial score (nSPS) is 12.7. The summed E-state index contributed by atoms with van der Waals surface area (Å²) >= 11 is 5.17. The molecule has 0 aliphatic rings. The molecule has 0 saturated heterocycles. The molecule has 0 spiro atoms. The Morgan fingerprint density at radius 2 is 1.83 bits per heavy atom. The smallest absolute Gasteiger partial charge is 0.306 e. The van der Waals surface area contributed by atoms with Gasteiger partial charge in [-0.1, -0.05) is 55.8 Å². The molecule has 0 unspecified atom stereocenters.